The van der Waals surface area contributed by atoms with E-state index in [1.54, 1.807) is 25.1 Å². The van der Waals surface area contributed by atoms with E-state index < -0.39 is 4.92 Å². The molecule has 0 bridgehead atoms. The van der Waals surface area contributed by atoms with Gasteiger partial charge in [0.2, 0.25) is 5.91 Å². The number of nitro groups is 1. The number of aryl methyl sites for hydroxylation is 1. The van der Waals surface area contributed by atoms with E-state index in [-0.39, 0.29) is 18.1 Å². The third-order valence-corrected chi connectivity index (χ3v) is 3.65. The molecule has 0 heterocycles. The Morgan fingerprint density at radius 2 is 1.96 bits per heavy atom. The van der Waals surface area contributed by atoms with Crippen LogP contribution >= 0.6 is 11.6 Å². The van der Waals surface area contributed by atoms with Gasteiger partial charge in [-0.2, -0.15) is 0 Å². The Balaban J connectivity index is 2.04. The Morgan fingerprint density at radius 1 is 1.22 bits per heavy atom. The maximum Gasteiger partial charge on any atom is 0.274 e. The van der Waals surface area contributed by atoms with Crippen LogP contribution in [-0.4, -0.2) is 17.4 Å². The van der Waals surface area contributed by atoms with Crippen molar-refractivity contribution in [3.05, 3.63) is 62.7 Å². The predicted molar refractivity (Wildman–Crippen MR) is 91.1 cm³/mol. The van der Waals surface area contributed by atoms with Gasteiger partial charge in [0.15, 0.2) is 0 Å². The lowest BCUT2D eigenvalue weighted by Crippen LogP contribution is -2.22. The van der Waals surface area contributed by atoms with Crippen LogP contribution in [0.1, 0.15) is 11.1 Å². The van der Waals surface area contributed by atoms with E-state index in [0.717, 1.165) is 11.3 Å². The Bertz CT molecular complexity index is 762. The van der Waals surface area contributed by atoms with Gasteiger partial charge in [0, 0.05) is 16.8 Å². The number of carbonyl (C=O) groups excluding carboxylic acids is 1. The van der Waals surface area contributed by atoms with E-state index >= 15 is 0 Å². The molecule has 2 aromatic rings. The molecule has 0 fully saturated rings. The Labute approximate surface area is 138 Å². The molecule has 2 aromatic carbocycles. The third-order valence-electron chi connectivity index (χ3n) is 3.42. The topological polar surface area (TPSA) is 84.3 Å². The van der Waals surface area contributed by atoms with E-state index in [4.69, 9.17) is 11.6 Å². The fourth-order valence-electron chi connectivity index (χ4n) is 2.11. The summed E-state index contributed by atoms with van der Waals surface area (Å²) >= 11 is 5.93. The summed E-state index contributed by atoms with van der Waals surface area (Å²) in [6.07, 6.45) is 0. The molecule has 2 rings (SSSR count). The van der Waals surface area contributed by atoms with E-state index in [1.807, 2.05) is 13.0 Å². The molecule has 7 heteroatoms. The van der Waals surface area contributed by atoms with Crippen LogP contribution in [0, 0.1) is 24.0 Å². The second kappa shape index (κ2) is 7.11. The van der Waals surface area contributed by atoms with E-state index in [9.17, 15) is 14.9 Å². The maximum atomic E-state index is 12.0. The van der Waals surface area contributed by atoms with Crippen molar-refractivity contribution in [1.82, 2.24) is 0 Å². The van der Waals surface area contributed by atoms with Gasteiger partial charge in [0.1, 0.15) is 0 Å². The third kappa shape index (κ3) is 4.20. The van der Waals surface area contributed by atoms with Gasteiger partial charge in [-0.1, -0.05) is 23.7 Å². The number of halogens is 1. The number of hydrogen-bond acceptors (Lipinski definition) is 4. The monoisotopic (exact) mass is 333 g/mol. The molecule has 0 spiro atoms. The van der Waals surface area contributed by atoms with E-state index in [2.05, 4.69) is 10.6 Å². The first kappa shape index (κ1) is 16.8. The number of nitro benzene ring substituents is 1. The average Bonchev–Trinajstić information content (AvgIpc) is 2.50. The number of amides is 1. The van der Waals surface area contributed by atoms with Crippen LogP contribution in [0.3, 0.4) is 0 Å². The van der Waals surface area contributed by atoms with Crippen molar-refractivity contribution in [3.63, 3.8) is 0 Å². The molecule has 1 amide bonds. The lowest BCUT2D eigenvalue weighted by molar-refractivity contribution is -0.385. The first-order valence-electron chi connectivity index (χ1n) is 6.92. The summed E-state index contributed by atoms with van der Waals surface area (Å²) in [7, 11) is 0. The van der Waals surface area contributed by atoms with Crippen LogP contribution in [-0.2, 0) is 4.79 Å². The fraction of sp³-hybridized carbons (Fsp3) is 0.188. The van der Waals surface area contributed by atoms with Crippen molar-refractivity contribution in [2.24, 2.45) is 0 Å². The second-order valence-corrected chi connectivity index (χ2v) is 5.50. The molecule has 0 saturated heterocycles. The van der Waals surface area contributed by atoms with Crippen LogP contribution in [0.25, 0.3) is 0 Å². The standard InChI is InChI=1S/C16H16ClN3O3/c1-10-6-7-12(17)8-14(10)18-9-16(21)19-13-4-3-5-15(11(13)2)20(22)23/h3-8,18H,9H2,1-2H3,(H,19,21). The van der Waals surface area contributed by atoms with Gasteiger partial charge in [-0.05, 0) is 37.6 Å². The molecule has 23 heavy (non-hydrogen) atoms. The molecule has 0 aliphatic carbocycles. The SMILES string of the molecule is Cc1ccc(Cl)cc1NCC(=O)Nc1cccc([N+](=O)[O-])c1C. The number of hydrogen-bond donors (Lipinski definition) is 2. The van der Waals surface area contributed by atoms with Crippen molar-refractivity contribution in [1.29, 1.82) is 0 Å². The van der Waals surface area contributed by atoms with Crippen molar-refractivity contribution in [2.75, 3.05) is 17.2 Å². The highest BCUT2D eigenvalue weighted by Crippen LogP contribution is 2.25. The summed E-state index contributed by atoms with van der Waals surface area (Å²) in [4.78, 5) is 22.5. The Hall–Kier alpha value is -2.60. The summed E-state index contributed by atoms with van der Waals surface area (Å²) in [5.41, 5.74) is 2.55. The van der Waals surface area contributed by atoms with Gasteiger partial charge in [-0.3, -0.25) is 14.9 Å². The number of anilines is 2. The van der Waals surface area contributed by atoms with Gasteiger partial charge < -0.3 is 10.6 Å². The van der Waals surface area contributed by atoms with Crippen molar-refractivity contribution < 1.29 is 9.72 Å². The molecule has 0 saturated carbocycles. The number of nitrogens with zero attached hydrogens (tertiary/aromatic N) is 1. The molecule has 0 aromatic heterocycles. The molecule has 0 atom stereocenters. The molecule has 2 N–H and O–H groups in total. The van der Waals surface area contributed by atoms with Crippen LogP contribution in [0.4, 0.5) is 17.1 Å². The summed E-state index contributed by atoms with van der Waals surface area (Å²) < 4.78 is 0. The molecule has 0 aliphatic rings. The zero-order valence-corrected chi connectivity index (χ0v) is 13.5. The van der Waals surface area contributed by atoms with Crippen LogP contribution in [0.5, 0.6) is 0 Å². The minimum absolute atomic E-state index is 0.0264. The van der Waals surface area contributed by atoms with Crippen molar-refractivity contribution >= 4 is 34.6 Å². The Morgan fingerprint density at radius 3 is 2.65 bits per heavy atom. The van der Waals surface area contributed by atoms with E-state index in [1.165, 1.54) is 12.1 Å². The fourth-order valence-corrected chi connectivity index (χ4v) is 2.28. The zero-order valence-electron chi connectivity index (χ0n) is 12.7. The lowest BCUT2D eigenvalue weighted by atomic mass is 10.1. The van der Waals surface area contributed by atoms with E-state index in [0.29, 0.717) is 16.3 Å². The maximum absolute atomic E-state index is 12.0. The highest BCUT2D eigenvalue weighted by atomic mass is 35.5. The van der Waals surface area contributed by atoms with Gasteiger partial charge in [0.25, 0.3) is 5.69 Å². The quantitative estimate of drug-likeness (QED) is 0.641. The summed E-state index contributed by atoms with van der Waals surface area (Å²) in [5.74, 6) is -0.298. The predicted octanol–water partition coefficient (Wildman–Crippen LogP) is 3.92. The van der Waals surface area contributed by atoms with Crippen molar-refractivity contribution in [3.8, 4) is 0 Å². The Kier molecular flexibility index (Phi) is 5.18. The highest BCUT2D eigenvalue weighted by Gasteiger charge is 2.14. The number of rotatable bonds is 5. The molecule has 0 radical (unpaired) electrons. The van der Waals surface area contributed by atoms with Crippen LogP contribution < -0.4 is 10.6 Å². The normalized spacial score (nSPS) is 10.2. The molecule has 120 valence electrons. The van der Waals surface area contributed by atoms with Crippen LogP contribution in [0.15, 0.2) is 36.4 Å². The molecule has 0 unspecified atom stereocenters. The summed E-state index contributed by atoms with van der Waals surface area (Å²) in [5, 5.41) is 17.2. The first-order chi connectivity index (χ1) is 10.9. The molecular formula is C16H16ClN3O3. The van der Waals surface area contributed by atoms with Gasteiger partial charge in [-0.25, -0.2) is 0 Å². The van der Waals surface area contributed by atoms with Gasteiger partial charge in [-0.15, -0.1) is 0 Å². The summed E-state index contributed by atoms with van der Waals surface area (Å²) in [6, 6.07) is 9.93. The smallest absolute Gasteiger partial charge is 0.274 e. The van der Waals surface area contributed by atoms with Gasteiger partial charge in [0.05, 0.1) is 22.7 Å². The highest BCUT2D eigenvalue weighted by molar-refractivity contribution is 6.30. The van der Waals surface area contributed by atoms with Gasteiger partial charge >= 0.3 is 0 Å². The lowest BCUT2D eigenvalue weighted by Gasteiger charge is -2.11. The second-order valence-electron chi connectivity index (χ2n) is 5.07. The number of carbonyl (C=O) groups is 1. The minimum atomic E-state index is -0.474. The zero-order chi connectivity index (χ0) is 17.0. The molecule has 6 nitrogen and oxygen atoms in total. The largest absolute Gasteiger partial charge is 0.376 e. The summed E-state index contributed by atoms with van der Waals surface area (Å²) in [6.45, 7) is 3.53. The van der Waals surface area contributed by atoms with Crippen LogP contribution in [0.2, 0.25) is 5.02 Å². The molecule has 0 aliphatic heterocycles. The average molecular weight is 334 g/mol. The molecular weight excluding hydrogens is 318 g/mol. The number of nitrogens with one attached hydrogen (secondary N) is 2. The number of benzene rings is 2. The first-order valence-corrected chi connectivity index (χ1v) is 7.30. The van der Waals surface area contributed by atoms with Crippen molar-refractivity contribution in [2.45, 2.75) is 13.8 Å². The minimum Gasteiger partial charge on any atom is -0.376 e.